The first-order chi connectivity index (χ1) is 13.2. The molecule has 0 spiro atoms. The van der Waals surface area contributed by atoms with Crippen molar-refractivity contribution in [3.8, 4) is 0 Å². The Balaban J connectivity index is 1.43. The molecule has 4 rings (SSSR count). The number of rotatable bonds is 4. The predicted octanol–water partition coefficient (Wildman–Crippen LogP) is 1.74. The van der Waals surface area contributed by atoms with Crippen molar-refractivity contribution in [1.82, 2.24) is 29.0 Å². The first-order valence-electron chi connectivity index (χ1n) is 9.01. The lowest BCUT2D eigenvalue weighted by Gasteiger charge is -2.34. The van der Waals surface area contributed by atoms with Crippen molar-refractivity contribution >= 4 is 28.9 Å². The second-order valence-corrected chi connectivity index (χ2v) is 7.23. The van der Waals surface area contributed by atoms with Crippen molar-refractivity contribution in [2.75, 3.05) is 26.2 Å². The van der Waals surface area contributed by atoms with Gasteiger partial charge in [-0.25, -0.2) is 4.52 Å². The van der Waals surface area contributed by atoms with Crippen molar-refractivity contribution in [2.45, 2.75) is 19.8 Å². The van der Waals surface area contributed by atoms with Crippen LogP contribution in [0.3, 0.4) is 0 Å². The second kappa shape index (κ2) is 7.43. The molecular weight excluding hydrogens is 364 g/mol. The molecule has 0 aliphatic carbocycles. The molecule has 0 atom stereocenters. The topological polar surface area (TPSA) is 83.7 Å². The summed E-state index contributed by atoms with van der Waals surface area (Å²) in [5.74, 6) is -0.0778. The van der Waals surface area contributed by atoms with Crippen molar-refractivity contribution < 1.29 is 9.59 Å². The predicted molar refractivity (Wildman–Crippen MR) is 101 cm³/mol. The van der Waals surface area contributed by atoms with E-state index in [4.69, 9.17) is 0 Å². The summed E-state index contributed by atoms with van der Waals surface area (Å²) < 4.78 is 5.63. The number of hydrogen-bond acceptors (Lipinski definition) is 6. The van der Waals surface area contributed by atoms with Gasteiger partial charge in [0.05, 0.1) is 23.0 Å². The number of pyridine rings is 1. The van der Waals surface area contributed by atoms with Gasteiger partial charge in [-0.1, -0.05) is 23.9 Å². The molecule has 1 fully saturated rings. The van der Waals surface area contributed by atoms with Gasteiger partial charge < -0.3 is 9.80 Å². The lowest BCUT2D eigenvalue weighted by Crippen LogP contribution is -2.50. The van der Waals surface area contributed by atoms with Crippen LogP contribution in [0.2, 0.25) is 0 Å². The van der Waals surface area contributed by atoms with E-state index in [0.717, 1.165) is 35.6 Å². The van der Waals surface area contributed by atoms with Crippen molar-refractivity contribution in [2.24, 2.45) is 0 Å². The van der Waals surface area contributed by atoms with Gasteiger partial charge in [0.25, 0.3) is 11.8 Å². The summed E-state index contributed by atoms with van der Waals surface area (Å²) >= 11 is 1.15. The molecule has 8 nitrogen and oxygen atoms in total. The van der Waals surface area contributed by atoms with Gasteiger partial charge in [0.15, 0.2) is 0 Å². The number of aryl methyl sites for hydroxylation is 1. The number of piperazine rings is 1. The minimum Gasteiger partial charge on any atom is -0.335 e. The van der Waals surface area contributed by atoms with Gasteiger partial charge in [0, 0.05) is 32.4 Å². The average Bonchev–Trinajstić information content (AvgIpc) is 3.34. The Morgan fingerprint density at radius 3 is 2.59 bits per heavy atom. The first-order valence-corrected chi connectivity index (χ1v) is 9.78. The lowest BCUT2D eigenvalue weighted by molar-refractivity contribution is 0.0538. The fourth-order valence-corrected chi connectivity index (χ4v) is 3.97. The highest BCUT2D eigenvalue weighted by Crippen LogP contribution is 2.18. The number of amides is 2. The Kier molecular flexibility index (Phi) is 4.85. The molecule has 1 aliphatic heterocycles. The zero-order valence-corrected chi connectivity index (χ0v) is 15.9. The third-order valence-electron chi connectivity index (χ3n) is 4.75. The van der Waals surface area contributed by atoms with E-state index in [1.54, 1.807) is 20.5 Å². The van der Waals surface area contributed by atoms with Crippen LogP contribution in [0.4, 0.5) is 0 Å². The van der Waals surface area contributed by atoms with Crippen LogP contribution in [0, 0.1) is 0 Å². The minimum atomic E-state index is -0.0468. The lowest BCUT2D eigenvalue weighted by atomic mass is 10.2. The molecule has 0 aromatic carbocycles. The van der Waals surface area contributed by atoms with Crippen molar-refractivity contribution in [3.05, 3.63) is 46.7 Å². The van der Waals surface area contributed by atoms with Crippen molar-refractivity contribution in [1.29, 1.82) is 0 Å². The maximum Gasteiger partial charge on any atom is 0.267 e. The minimum absolute atomic E-state index is 0.0310. The molecule has 1 saturated heterocycles. The monoisotopic (exact) mass is 384 g/mol. The molecule has 0 N–H and O–H groups in total. The summed E-state index contributed by atoms with van der Waals surface area (Å²) in [7, 11) is 0. The zero-order chi connectivity index (χ0) is 18.8. The number of fused-ring (bicyclic) bond motifs is 1. The Morgan fingerprint density at radius 2 is 1.85 bits per heavy atom. The third kappa shape index (κ3) is 3.30. The van der Waals surface area contributed by atoms with Gasteiger partial charge in [-0.2, -0.15) is 5.10 Å². The number of nitrogens with zero attached hydrogens (tertiary/aromatic N) is 6. The van der Waals surface area contributed by atoms with Crippen LogP contribution in [0.1, 0.15) is 39.1 Å². The Labute approximate surface area is 160 Å². The highest BCUT2D eigenvalue weighted by molar-refractivity contribution is 7.08. The average molecular weight is 384 g/mol. The normalized spacial score (nSPS) is 14.7. The summed E-state index contributed by atoms with van der Waals surface area (Å²) in [5, 5.41) is 8.31. The maximum atomic E-state index is 12.9. The van der Waals surface area contributed by atoms with Crippen LogP contribution in [0.15, 0.2) is 30.6 Å². The van der Waals surface area contributed by atoms with Gasteiger partial charge >= 0.3 is 0 Å². The highest BCUT2D eigenvalue weighted by atomic mass is 32.1. The molecule has 3 aromatic heterocycles. The van der Waals surface area contributed by atoms with E-state index < -0.39 is 0 Å². The van der Waals surface area contributed by atoms with Crippen LogP contribution < -0.4 is 0 Å². The molecule has 0 radical (unpaired) electrons. The SMILES string of the molecule is CCCc1nnsc1C(=O)N1CCN(C(=O)c2cnn3ccccc23)CC1. The van der Waals surface area contributed by atoms with Gasteiger partial charge in [0.2, 0.25) is 0 Å². The van der Waals surface area contributed by atoms with E-state index >= 15 is 0 Å². The van der Waals surface area contributed by atoms with Crippen LogP contribution in [0.5, 0.6) is 0 Å². The maximum absolute atomic E-state index is 12.9. The van der Waals surface area contributed by atoms with E-state index in [9.17, 15) is 9.59 Å². The molecule has 9 heteroatoms. The molecule has 0 unspecified atom stereocenters. The fourth-order valence-electron chi connectivity index (χ4n) is 3.30. The molecule has 3 aromatic rings. The fraction of sp³-hybridized carbons (Fsp3) is 0.389. The molecule has 27 heavy (non-hydrogen) atoms. The quantitative estimate of drug-likeness (QED) is 0.684. The summed E-state index contributed by atoms with van der Waals surface area (Å²) in [4.78, 5) is 29.8. The molecular formula is C18H20N6O2S. The van der Waals surface area contributed by atoms with Crippen LogP contribution in [0.25, 0.3) is 5.52 Å². The van der Waals surface area contributed by atoms with Gasteiger partial charge in [-0.15, -0.1) is 5.10 Å². The van der Waals surface area contributed by atoms with E-state index in [-0.39, 0.29) is 11.8 Å². The number of carbonyl (C=O) groups excluding carboxylic acids is 2. The van der Waals surface area contributed by atoms with E-state index in [0.29, 0.717) is 36.6 Å². The van der Waals surface area contributed by atoms with Gasteiger partial charge in [-0.05, 0) is 30.1 Å². The smallest absolute Gasteiger partial charge is 0.267 e. The first kappa shape index (κ1) is 17.6. The van der Waals surface area contributed by atoms with Crippen LogP contribution in [-0.2, 0) is 6.42 Å². The summed E-state index contributed by atoms with van der Waals surface area (Å²) in [6.45, 7) is 4.08. The van der Waals surface area contributed by atoms with E-state index in [1.165, 1.54) is 0 Å². The molecule has 0 bridgehead atoms. The van der Waals surface area contributed by atoms with E-state index in [1.807, 2.05) is 24.4 Å². The Morgan fingerprint density at radius 1 is 1.11 bits per heavy atom. The Hall–Kier alpha value is -2.81. The number of aromatic nitrogens is 4. The number of hydrogen-bond donors (Lipinski definition) is 0. The number of carbonyl (C=O) groups is 2. The van der Waals surface area contributed by atoms with Crippen LogP contribution in [-0.4, -0.2) is 67.0 Å². The van der Waals surface area contributed by atoms with Gasteiger partial charge in [-0.3, -0.25) is 9.59 Å². The zero-order valence-electron chi connectivity index (χ0n) is 15.0. The molecule has 4 heterocycles. The molecule has 140 valence electrons. The molecule has 2 amide bonds. The van der Waals surface area contributed by atoms with Crippen molar-refractivity contribution in [3.63, 3.8) is 0 Å². The standard InChI is InChI=1S/C18H20N6O2S/c1-2-5-14-16(27-21-20-14)18(26)23-10-8-22(9-11-23)17(25)13-12-19-24-7-4-3-6-15(13)24/h3-4,6-7,12H,2,5,8-11H2,1H3. The summed E-state index contributed by atoms with van der Waals surface area (Å²) in [6, 6.07) is 5.65. The largest absolute Gasteiger partial charge is 0.335 e. The highest BCUT2D eigenvalue weighted by Gasteiger charge is 2.29. The Bertz CT molecular complexity index is 973. The molecule has 1 aliphatic rings. The van der Waals surface area contributed by atoms with E-state index in [2.05, 4.69) is 21.6 Å². The summed E-state index contributed by atoms with van der Waals surface area (Å²) in [6.07, 6.45) is 5.10. The van der Waals surface area contributed by atoms with Crippen LogP contribution >= 0.6 is 11.5 Å². The molecule has 0 saturated carbocycles. The second-order valence-electron chi connectivity index (χ2n) is 6.47. The summed E-state index contributed by atoms with van der Waals surface area (Å²) in [5.41, 5.74) is 2.16. The van der Waals surface area contributed by atoms with Gasteiger partial charge in [0.1, 0.15) is 4.88 Å². The third-order valence-corrected chi connectivity index (χ3v) is 5.50.